The number of aliphatic hydroxyl groups is 2. The Kier molecular flexibility index (Phi) is 26.5. The third-order valence-electron chi connectivity index (χ3n) is 21.0. The molecule has 8 aliphatic rings. The number of Topliss-reactive ketones (excluding diaryl/α,β-unsaturated/α-hetero) is 2. The molecule has 0 radical (unpaired) electrons. The maximum atomic E-state index is 13.3. The number of hydrogen-bond donors (Lipinski definition) is 3. The van der Waals surface area contributed by atoms with Crippen molar-refractivity contribution in [2.45, 2.75) is 190 Å². The zero-order chi connectivity index (χ0) is 50.0. The number of ketones is 2. The second-order valence-corrected chi connectivity index (χ2v) is 25.0. The SMILES string of the molecule is C.C.COC[C@@]1(O)CC[C@@]2(C)[C@@H](CC[C@@H]3[C@@H]2CC[C@]2(C)[C@@H](C(=O)CBr)CC[C@@H]32)C1.COC[C@@]1(O)CC[C@@]2(C)[C@@H](CC[C@@H]3[C@@H]2CC[C@]2(C)[C@@H](C(=O)Cn4ncc(C)n4)CC[C@@H]32)C1.Cc1ccn[nH]1.O=CO[O-].[H-].[K+].[K+]. The molecule has 0 amide bonds. The van der Waals surface area contributed by atoms with Crippen LogP contribution in [0.15, 0.2) is 18.5 Å². The number of alkyl halides is 1. The third kappa shape index (κ3) is 14.3. The van der Waals surface area contributed by atoms with Crippen molar-refractivity contribution < 1.29 is 148 Å². The molecule has 2 aromatic rings. The molecular formula is C56H94BrK2N5O9. The predicted molar refractivity (Wildman–Crippen MR) is 278 cm³/mol. The molecule has 8 fully saturated rings. The van der Waals surface area contributed by atoms with E-state index in [-0.39, 0.29) is 148 Å². The van der Waals surface area contributed by atoms with E-state index in [0.29, 0.717) is 65.2 Å². The molecule has 3 N–H and O–H groups in total. The number of ether oxygens (including phenoxy) is 2. The maximum absolute atomic E-state index is 13.3. The second-order valence-electron chi connectivity index (χ2n) is 24.4. The van der Waals surface area contributed by atoms with Crippen molar-refractivity contribution in [2.24, 2.45) is 80.8 Å². The van der Waals surface area contributed by atoms with E-state index in [9.17, 15) is 19.8 Å². The fraction of sp³-hybridized carbons (Fsp3) is 0.857. The zero-order valence-corrected chi connectivity index (χ0v) is 52.9. The summed E-state index contributed by atoms with van der Waals surface area (Å²) in [5, 5.41) is 46.0. The summed E-state index contributed by atoms with van der Waals surface area (Å²) in [5.41, 5.74) is 1.74. The molecule has 8 aliphatic carbocycles. The molecule has 10 rings (SSSR count). The van der Waals surface area contributed by atoms with E-state index in [0.717, 1.165) is 98.8 Å². The molecule has 2 heterocycles. The van der Waals surface area contributed by atoms with Crippen LogP contribution < -0.4 is 108 Å². The summed E-state index contributed by atoms with van der Waals surface area (Å²) >= 11 is 3.43. The van der Waals surface area contributed by atoms with Crippen LogP contribution >= 0.6 is 15.9 Å². The second kappa shape index (κ2) is 28.4. The summed E-state index contributed by atoms with van der Waals surface area (Å²) in [6.45, 7) is 14.8. The van der Waals surface area contributed by atoms with Gasteiger partial charge in [-0.05, 0) is 204 Å². The number of nitrogens with zero attached hydrogens (tertiary/aromatic N) is 4. The molecule has 14 nitrogen and oxygen atoms in total. The number of fused-ring (bicyclic) bond motifs is 10. The van der Waals surface area contributed by atoms with Crippen molar-refractivity contribution in [2.75, 3.05) is 32.8 Å². The molecule has 0 spiro atoms. The molecule has 0 bridgehead atoms. The summed E-state index contributed by atoms with van der Waals surface area (Å²) in [6, 6.07) is 1.92. The molecule has 0 aromatic carbocycles. The van der Waals surface area contributed by atoms with Crippen molar-refractivity contribution in [3.8, 4) is 0 Å². The molecule has 2 aromatic heterocycles. The maximum Gasteiger partial charge on any atom is 1.00 e. The van der Waals surface area contributed by atoms with Gasteiger partial charge < -0.3 is 31.3 Å². The Balaban J connectivity index is 0.000000407. The van der Waals surface area contributed by atoms with Gasteiger partial charge in [0.15, 0.2) is 5.78 Å². The number of rotatable bonds is 10. The molecule has 8 saturated carbocycles. The number of halogens is 1. The van der Waals surface area contributed by atoms with Crippen LogP contribution in [0.5, 0.6) is 0 Å². The van der Waals surface area contributed by atoms with E-state index in [1.54, 1.807) is 31.4 Å². The first-order valence-corrected chi connectivity index (χ1v) is 27.5. The van der Waals surface area contributed by atoms with E-state index in [2.05, 4.69) is 68.9 Å². The Bertz CT molecular complexity index is 2060. The quantitative estimate of drug-likeness (QED) is 0.103. The summed E-state index contributed by atoms with van der Waals surface area (Å²) in [5.74, 6) is 6.78. The van der Waals surface area contributed by atoms with Crippen LogP contribution in [0.4, 0.5) is 0 Å². The molecule has 0 unspecified atom stereocenters. The molecule has 16 atom stereocenters. The Labute approximate surface area is 534 Å². The smallest absolute Gasteiger partial charge is 1.00 e. The summed E-state index contributed by atoms with van der Waals surface area (Å²) < 4.78 is 10.7. The average molecular weight is 1140 g/mol. The molecule has 73 heavy (non-hydrogen) atoms. The summed E-state index contributed by atoms with van der Waals surface area (Å²) in [4.78, 5) is 38.7. The monoisotopic (exact) mass is 1140 g/mol. The van der Waals surface area contributed by atoms with Gasteiger partial charge in [-0.3, -0.25) is 19.5 Å². The van der Waals surface area contributed by atoms with E-state index in [1.165, 1.54) is 57.8 Å². The van der Waals surface area contributed by atoms with Crippen LogP contribution in [-0.4, -0.2) is 97.4 Å². The fourth-order valence-electron chi connectivity index (χ4n) is 17.6. The molecule has 0 aliphatic heterocycles. The van der Waals surface area contributed by atoms with Crippen molar-refractivity contribution in [1.29, 1.82) is 0 Å². The van der Waals surface area contributed by atoms with Gasteiger partial charge in [-0.2, -0.15) is 20.1 Å². The van der Waals surface area contributed by atoms with Crippen LogP contribution in [0.3, 0.4) is 0 Å². The standard InChI is InChI=1S/C26H41N3O3.C23H37BrO3.C4H6N2.CH2O3.2CH4.2K.H/c1-17-14-27-29(28-17)15-23(30)22-8-7-20-19-6-5-18-13-26(31,16-32-4)12-11-24(18,2)21(19)9-10-25(20,22)3;1-21-10-11-23(26,14-27-3)12-15(21)4-5-16-17-6-7-19(20(25)13-24)22(17,2)9-8-18(16)21;1-4-2-3-5-6-4;2-1-4-3;;;;;/h14,18-22,31H,5-13,15-16H2,1-4H3;15-19,26H,4-14H2,1-3H3;2-3H,1H3,(H,5,6);1,3H;2*1H4;;;/q;;;;;;2*+1;-1/p-1/t18-,19-,20-,21-,22+,24-,25-,26+;15-,16-,17-,18-,19+,21-,22-,23+;;;;;;;/m00......./s1. The van der Waals surface area contributed by atoms with Crippen molar-refractivity contribution in [3.63, 3.8) is 0 Å². The van der Waals surface area contributed by atoms with Crippen molar-refractivity contribution in [3.05, 3.63) is 29.8 Å². The van der Waals surface area contributed by atoms with Crippen molar-refractivity contribution >= 4 is 34.0 Å². The Morgan fingerprint density at radius 3 is 1.55 bits per heavy atom. The number of nitrogens with one attached hydrogen (secondary N) is 1. The first-order chi connectivity index (χ1) is 32.8. The predicted octanol–water partition coefficient (Wildman–Crippen LogP) is 3.72. The van der Waals surface area contributed by atoms with Gasteiger partial charge in [0.05, 0.1) is 41.6 Å². The Morgan fingerprint density at radius 2 is 1.19 bits per heavy atom. The summed E-state index contributed by atoms with van der Waals surface area (Å²) in [7, 11) is 3.40. The van der Waals surface area contributed by atoms with Gasteiger partial charge in [0, 0.05) is 37.9 Å². The summed E-state index contributed by atoms with van der Waals surface area (Å²) in [6.07, 6.45) is 23.7. The molecule has 406 valence electrons. The van der Waals surface area contributed by atoms with Gasteiger partial charge in [0.2, 0.25) is 0 Å². The van der Waals surface area contributed by atoms with Crippen LogP contribution in [0.25, 0.3) is 0 Å². The minimum Gasteiger partial charge on any atom is -1.00 e. The molecule has 17 heteroatoms. The first kappa shape index (κ1) is 68.0. The number of aromatic nitrogens is 5. The molecule has 0 saturated heterocycles. The van der Waals surface area contributed by atoms with Gasteiger partial charge in [-0.1, -0.05) is 58.5 Å². The van der Waals surface area contributed by atoms with Crippen LogP contribution in [0, 0.1) is 94.7 Å². The number of aryl methyl sites for hydroxylation is 2. The van der Waals surface area contributed by atoms with Gasteiger partial charge in [0.25, 0.3) is 6.47 Å². The van der Waals surface area contributed by atoms with Crippen LogP contribution in [-0.2, 0) is 35.3 Å². The van der Waals surface area contributed by atoms with Crippen molar-refractivity contribution in [1.82, 2.24) is 25.2 Å². The van der Waals surface area contributed by atoms with E-state index in [4.69, 9.17) is 19.5 Å². The largest absolute Gasteiger partial charge is 1.00 e. The third-order valence-corrected chi connectivity index (χ3v) is 21.6. The minimum atomic E-state index is -0.640. The number of carbonyl (C=O) groups is 3. The fourth-order valence-corrected chi connectivity index (χ4v) is 18.0. The Morgan fingerprint density at radius 1 is 0.740 bits per heavy atom. The number of carbonyl (C=O) groups excluding carboxylic acids is 3. The molecular weight excluding hydrogens is 1040 g/mol. The van der Waals surface area contributed by atoms with E-state index >= 15 is 0 Å². The average Bonchev–Trinajstić information content (AvgIpc) is 4.13. The topological polar surface area (TPSA) is 202 Å². The van der Waals surface area contributed by atoms with Gasteiger partial charge >= 0.3 is 103 Å². The van der Waals surface area contributed by atoms with Crippen LogP contribution in [0.1, 0.15) is 171 Å². The zero-order valence-electron chi connectivity index (χ0n) is 46.1. The Hall–Kier alpha value is 0.713. The number of aromatic amines is 1. The van der Waals surface area contributed by atoms with Gasteiger partial charge in [0.1, 0.15) is 12.3 Å². The number of hydrogen-bond acceptors (Lipinski definition) is 12. The first-order valence-electron chi connectivity index (χ1n) is 26.4. The number of methoxy groups -OCH3 is 2. The van der Waals surface area contributed by atoms with Crippen LogP contribution in [0.2, 0.25) is 0 Å². The normalized spacial score (nSPS) is 40.3. The number of H-pyrrole nitrogens is 1. The van der Waals surface area contributed by atoms with Gasteiger partial charge in [-0.15, -0.1) is 0 Å². The van der Waals surface area contributed by atoms with E-state index in [1.807, 2.05) is 19.9 Å². The minimum absolute atomic E-state index is 0. The van der Waals surface area contributed by atoms with E-state index < -0.39 is 11.2 Å². The van der Waals surface area contributed by atoms with Gasteiger partial charge in [-0.25, -0.2) is 0 Å².